The van der Waals surface area contributed by atoms with Gasteiger partial charge in [-0.05, 0) is 117 Å². The Morgan fingerprint density at radius 2 is 1.96 bits per heavy atom. The van der Waals surface area contributed by atoms with Gasteiger partial charge in [-0.1, -0.05) is 49.6 Å². The first-order valence-electron chi connectivity index (χ1n) is 16.8. The van der Waals surface area contributed by atoms with E-state index in [1.165, 1.54) is 11.1 Å². The monoisotopic (exact) mass is 652 g/mol. The van der Waals surface area contributed by atoms with E-state index in [2.05, 4.69) is 21.8 Å². The van der Waals surface area contributed by atoms with Crippen molar-refractivity contribution in [3.63, 3.8) is 0 Å². The average molecular weight is 653 g/mol. The van der Waals surface area contributed by atoms with Crippen LogP contribution < -0.4 is 14.4 Å². The number of anilines is 1. The van der Waals surface area contributed by atoms with Crippen LogP contribution >= 0.6 is 11.6 Å². The predicted molar refractivity (Wildman–Crippen MR) is 178 cm³/mol. The van der Waals surface area contributed by atoms with Crippen LogP contribution in [0.3, 0.4) is 0 Å². The lowest BCUT2D eigenvalue weighted by molar-refractivity contribution is 0.0289. The Balaban J connectivity index is 1.30. The van der Waals surface area contributed by atoms with Crippen molar-refractivity contribution in [1.82, 2.24) is 4.72 Å². The zero-order chi connectivity index (χ0) is 31.4. The van der Waals surface area contributed by atoms with Crippen molar-refractivity contribution in [3.05, 3.63) is 70.3 Å². The van der Waals surface area contributed by atoms with E-state index in [-0.39, 0.29) is 17.3 Å². The lowest BCUT2D eigenvalue weighted by Crippen LogP contribution is -2.48. The highest BCUT2D eigenvalue weighted by Gasteiger charge is 2.44. The molecule has 2 heterocycles. The number of aliphatic hydroxyl groups is 1. The predicted octanol–water partition coefficient (Wildman–Crippen LogP) is 6.56. The number of fused-ring (bicyclic) bond motifs is 5. The summed E-state index contributed by atoms with van der Waals surface area (Å²) in [5.41, 5.74) is 2.45. The Morgan fingerprint density at radius 3 is 2.78 bits per heavy atom. The van der Waals surface area contributed by atoms with Crippen LogP contribution in [-0.2, 0) is 21.9 Å². The molecule has 1 spiro atoms. The molecule has 5 aliphatic rings. The fourth-order valence-corrected chi connectivity index (χ4v) is 10.5. The highest BCUT2D eigenvalue weighted by atomic mass is 35.5. The van der Waals surface area contributed by atoms with Gasteiger partial charge in [0, 0.05) is 29.1 Å². The lowest BCUT2D eigenvalue weighted by atomic mass is 9.70. The zero-order valence-corrected chi connectivity index (χ0v) is 27.7. The Labute approximate surface area is 272 Å². The number of benzene rings is 2. The van der Waals surface area contributed by atoms with Gasteiger partial charge in [-0.3, -0.25) is 4.79 Å². The van der Waals surface area contributed by atoms with Crippen molar-refractivity contribution in [1.29, 1.82) is 0 Å². The topological polar surface area (TPSA) is 95.9 Å². The van der Waals surface area contributed by atoms with Crippen molar-refractivity contribution in [2.24, 2.45) is 17.8 Å². The molecule has 2 aromatic rings. The number of allylic oxidation sites excluding steroid dienone is 1. The molecule has 3 aliphatic carbocycles. The van der Waals surface area contributed by atoms with Crippen molar-refractivity contribution in [2.75, 3.05) is 24.6 Å². The molecule has 2 aromatic carbocycles. The molecule has 0 radical (unpaired) electrons. The number of ether oxygens (including phenoxy) is 1. The molecule has 242 valence electrons. The number of carbonyl (C=O) groups excluding carboxylic acids is 1. The molecule has 7 nitrogen and oxygen atoms in total. The van der Waals surface area contributed by atoms with Gasteiger partial charge in [0.1, 0.15) is 5.75 Å². The van der Waals surface area contributed by atoms with Crippen LogP contribution in [-0.4, -0.2) is 50.0 Å². The maximum Gasteiger partial charge on any atom is 0.264 e. The molecule has 0 saturated heterocycles. The molecule has 7 rings (SSSR count). The second-order valence-electron chi connectivity index (χ2n) is 14.7. The second kappa shape index (κ2) is 11.9. The Morgan fingerprint density at radius 1 is 1.11 bits per heavy atom. The van der Waals surface area contributed by atoms with E-state index < -0.39 is 26.8 Å². The van der Waals surface area contributed by atoms with Crippen LogP contribution in [0.1, 0.15) is 92.6 Å². The second-order valence-corrected chi connectivity index (χ2v) is 17.0. The van der Waals surface area contributed by atoms with Gasteiger partial charge in [-0.2, -0.15) is 0 Å². The molecule has 9 heteroatoms. The number of hydrogen-bond donors (Lipinski definition) is 2. The number of nitrogens with zero attached hydrogens (tertiary/aromatic N) is 1. The number of carbonyl (C=O) groups is 1. The van der Waals surface area contributed by atoms with Gasteiger partial charge in [-0.25, -0.2) is 13.1 Å². The Kier molecular flexibility index (Phi) is 8.23. The molecule has 1 amide bonds. The quantitative estimate of drug-likeness (QED) is 0.357. The van der Waals surface area contributed by atoms with E-state index in [9.17, 15) is 18.3 Å². The maximum atomic E-state index is 13.8. The highest BCUT2D eigenvalue weighted by Crippen LogP contribution is 2.46. The molecule has 5 atom stereocenters. The number of rotatable bonds is 2. The Bertz CT molecular complexity index is 1610. The third-order valence-electron chi connectivity index (χ3n) is 11.1. The van der Waals surface area contributed by atoms with Gasteiger partial charge in [0.25, 0.3) is 5.91 Å². The number of aryl methyl sites for hydroxylation is 1. The summed E-state index contributed by atoms with van der Waals surface area (Å²) >= 11 is 6.42. The van der Waals surface area contributed by atoms with Crippen molar-refractivity contribution in [2.45, 2.75) is 93.8 Å². The molecule has 2 saturated carbocycles. The van der Waals surface area contributed by atoms with Crippen LogP contribution in [0.4, 0.5) is 5.69 Å². The molecule has 1 unspecified atom stereocenters. The van der Waals surface area contributed by atoms with Gasteiger partial charge in [0.15, 0.2) is 0 Å². The normalized spacial score (nSPS) is 33.8. The van der Waals surface area contributed by atoms with E-state index in [1.54, 1.807) is 6.07 Å². The third kappa shape index (κ3) is 6.39. The first-order chi connectivity index (χ1) is 21.5. The van der Waals surface area contributed by atoms with Crippen LogP contribution in [0.5, 0.6) is 5.75 Å². The summed E-state index contributed by atoms with van der Waals surface area (Å²) < 4.78 is 36.6. The van der Waals surface area contributed by atoms with Gasteiger partial charge < -0.3 is 14.7 Å². The summed E-state index contributed by atoms with van der Waals surface area (Å²) in [6.45, 7) is 3.86. The number of amides is 1. The SMILES string of the molecule is C[C@H]1C/C=C/C2(O)CCC[C@@H](CN3C[C@@]4(CCCc5cc(Cl)ccc54)COc4ccc(cc43)C(=O)NS(=O)(=O)[C@H]1CC1CC1)C2. The number of sulfonamides is 1. The fraction of sp³-hybridized carbons (Fsp3) is 0.583. The molecule has 0 aromatic heterocycles. The standard InChI is InChI=1S/C36H45ClN2O5S/c1-24-5-2-15-36(41)16-3-6-26(20-36)21-39-22-35(14-4-7-27-18-29(37)11-12-30(27)35)23-44-32-13-10-28(19-31(32)39)34(40)38-45(42,43)33(24)17-25-8-9-25/h2,10-13,15,18-19,24-26,33,41H,3-9,14,16-17,20-23H2,1H3,(H,38,40)/b15-2+/t24-,26+,33-,35-,36?/m0/s1. The summed E-state index contributed by atoms with van der Waals surface area (Å²) in [7, 11) is -3.94. The van der Waals surface area contributed by atoms with Crippen LogP contribution in [0.2, 0.25) is 5.02 Å². The smallest absolute Gasteiger partial charge is 0.264 e. The summed E-state index contributed by atoms with van der Waals surface area (Å²) in [5, 5.41) is 11.8. The maximum absolute atomic E-state index is 13.8. The van der Waals surface area contributed by atoms with Crippen molar-refractivity contribution < 1.29 is 23.1 Å². The molecular formula is C36H45ClN2O5S. The molecular weight excluding hydrogens is 608 g/mol. The van der Waals surface area contributed by atoms with Crippen LogP contribution in [0, 0.1) is 17.8 Å². The highest BCUT2D eigenvalue weighted by molar-refractivity contribution is 7.90. The summed E-state index contributed by atoms with van der Waals surface area (Å²) in [6.07, 6.45) is 13.3. The summed E-state index contributed by atoms with van der Waals surface area (Å²) in [6, 6.07) is 11.5. The van der Waals surface area contributed by atoms with Crippen LogP contribution in [0.25, 0.3) is 0 Å². The number of halogens is 1. The van der Waals surface area contributed by atoms with E-state index in [4.69, 9.17) is 16.3 Å². The summed E-state index contributed by atoms with van der Waals surface area (Å²) in [5.74, 6) is 0.532. The molecule has 45 heavy (non-hydrogen) atoms. The van der Waals surface area contributed by atoms with E-state index in [0.29, 0.717) is 62.6 Å². The first kappa shape index (κ1) is 31.1. The number of hydrogen-bond acceptors (Lipinski definition) is 6. The van der Waals surface area contributed by atoms with Gasteiger partial charge in [0.05, 0.1) is 23.1 Å². The van der Waals surface area contributed by atoms with Crippen molar-refractivity contribution >= 4 is 33.2 Å². The minimum atomic E-state index is -3.94. The minimum absolute atomic E-state index is 0.191. The number of nitrogens with one attached hydrogen (secondary N) is 1. The van der Waals surface area contributed by atoms with Crippen molar-refractivity contribution in [3.8, 4) is 5.75 Å². The fourth-order valence-electron chi connectivity index (χ4n) is 8.54. The van der Waals surface area contributed by atoms with Gasteiger partial charge in [-0.15, -0.1) is 0 Å². The van der Waals surface area contributed by atoms with Crippen LogP contribution in [0.15, 0.2) is 48.6 Å². The third-order valence-corrected chi connectivity index (χ3v) is 13.3. The lowest BCUT2D eigenvalue weighted by Gasteiger charge is -2.43. The summed E-state index contributed by atoms with van der Waals surface area (Å²) in [4.78, 5) is 16.0. The zero-order valence-electron chi connectivity index (χ0n) is 26.1. The van der Waals surface area contributed by atoms with E-state index >= 15 is 0 Å². The minimum Gasteiger partial charge on any atom is -0.490 e. The first-order valence-corrected chi connectivity index (χ1v) is 18.7. The largest absolute Gasteiger partial charge is 0.490 e. The molecule has 4 bridgehead atoms. The molecule has 2 N–H and O–H groups in total. The van der Waals surface area contributed by atoms with E-state index in [0.717, 1.165) is 55.7 Å². The Hall–Kier alpha value is -2.55. The average Bonchev–Trinajstić information content (AvgIpc) is 3.83. The molecule has 2 aliphatic heterocycles. The van der Waals surface area contributed by atoms with Gasteiger partial charge in [0.2, 0.25) is 10.0 Å². The van der Waals surface area contributed by atoms with Gasteiger partial charge >= 0.3 is 0 Å². The molecule has 2 fully saturated rings. The van der Waals surface area contributed by atoms with E-state index in [1.807, 2.05) is 37.3 Å².